The number of hydrogen-bond donors (Lipinski definition) is 1. The molecule has 0 saturated heterocycles. The Hall–Kier alpha value is -4.34. The molecule has 0 spiro atoms. The van der Waals surface area contributed by atoms with Crippen molar-refractivity contribution in [1.29, 1.82) is 0 Å². The lowest BCUT2D eigenvalue weighted by Crippen LogP contribution is -2.54. The van der Waals surface area contributed by atoms with Crippen LogP contribution in [-0.2, 0) is 32.6 Å². The Morgan fingerprint density at radius 1 is 0.867 bits per heavy atom. The van der Waals surface area contributed by atoms with Crippen molar-refractivity contribution in [2.24, 2.45) is 0 Å². The van der Waals surface area contributed by atoms with Gasteiger partial charge in [-0.05, 0) is 68.3 Å². The van der Waals surface area contributed by atoms with Crippen LogP contribution in [0.15, 0.2) is 108 Å². The highest BCUT2D eigenvalue weighted by Crippen LogP contribution is 2.33. The van der Waals surface area contributed by atoms with Gasteiger partial charge < -0.3 is 15.0 Å². The van der Waals surface area contributed by atoms with Crippen molar-refractivity contribution in [2.45, 2.75) is 50.7 Å². The van der Waals surface area contributed by atoms with Crippen LogP contribution in [0, 0.1) is 6.92 Å². The number of methoxy groups -OCH3 is 1. The van der Waals surface area contributed by atoms with Crippen LogP contribution < -0.4 is 14.4 Å². The second-order valence-corrected chi connectivity index (χ2v) is 13.3. The van der Waals surface area contributed by atoms with Crippen LogP contribution in [0.5, 0.6) is 5.75 Å². The molecule has 0 saturated carbocycles. The molecule has 2 amide bonds. The third-order valence-electron chi connectivity index (χ3n) is 7.19. The van der Waals surface area contributed by atoms with Gasteiger partial charge in [-0.25, -0.2) is 8.42 Å². The lowest BCUT2D eigenvalue weighted by atomic mass is 10.0. The molecule has 4 rings (SSSR count). The van der Waals surface area contributed by atoms with Crippen molar-refractivity contribution in [3.8, 4) is 5.75 Å². The summed E-state index contributed by atoms with van der Waals surface area (Å²) in [6.45, 7) is 4.99. The molecule has 4 aromatic rings. The molecule has 1 unspecified atom stereocenters. The Morgan fingerprint density at radius 2 is 1.51 bits per heavy atom. The maximum absolute atomic E-state index is 14.5. The highest BCUT2D eigenvalue weighted by atomic mass is 35.5. The molecule has 0 aliphatic carbocycles. The van der Waals surface area contributed by atoms with Crippen LogP contribution in [0.1, 0.15) is 30.5 Å². The lowest BCUT2D eigenvalue weighted by Gasteiger charge is -2.34. The molecule has 0 radical (unpaired) electrons. The minimum Gasteiger partial charge on any atom is -0.495 e. The summed E-state index contributed by atoms with van der Waals surface area (Å²) in [4.78, 5) is 29.8. The second-order valence-electron chi connectivity index (χ2n) is 11.0. The van der Waals surface area contributed by atoms with Gasteiger partial charge in [0.15, 0.2) is 0 Å². The average molecular weight is 648 g/mol. The number of sulfonamides is 1. The molecule has 0 aliphatic heterocycles. The Kier molecular flexibility index (Phi) is 11.3. The van der Waals surface area contributed by atoms with Gasteiger partial charge in [-0.15, -0.1) is 0 Å². The monoisotopic (exact) mass is 647 g/mol. The van der Waals surface area contributed by atoms with E-state index >= 15 is 0 Å². The van der Waals surface area contributed by atoms with Crippen molar-refractivity contribution in [1.82, 2.24) is 10.2 Å². The molecular formula is C35H38ClN3O5S. The predicted molar refractivity (Wildman–Crippen MR) is 178 cm³/mol. The third-order valence-corrected chi connectivity index (χ3v) is 9.19. The normalized spacial score (nSPS) is 12.0. The molecule has 236 valence electrons. The molecule has 10 heteroatoms. The highest BCUT2D eigenvalue weighted by molar-refractivity contribution is 7.92. The van der Waals surface area contributed by atoms with Crippen LogP contribution in [0.25, 0.3) is 0 Å². The van der Waals surface area contributed by atoms with Crippen LogP contribution in [0.2, 0.25) is 5.02 Å². The minimum atomic E-state index is -4.25. The van der Waals surface area contributed by atoms with Gasteiger partial charge in [0.25, 0.3) is 10.0 Å². The van der Waals surface area contributed by atoms with Crippen molar-refractivity contribution in [3.63, 3.8) is 0 Å². The summed E-state index contributed by atoms with van der Waals surface area (Å²) >= 11 is 6.30. The topological polar surface area (TPSA) is 96.0 Å². The fraction of sp³-hybridized carbons (Fsp3) is 0.257. The molecule has 45 heavy (non-hydrogen) atoms. The van der Waals surface area contributed by atoms with E-state index in [1.165, 1.54) is 24.1 Å². The first-order valence-electron chi connectivity index (χ1n) is 14.6. The van der Waals surface area contributed by atoms with Crippen molar-refractivity contribution < 1.29 is 22.7 Å². The minimum absolute atomic E-state index is 0.0200. The summed E-state index contributed by atoms with van der Waals surface area (Å²) in [6.07, 6.45) is 0.213. The van der Waals surface area contributed by atoms with Crippen LogP contribution >= 0.6 is 11.6 Å². The first-order valence-corrected chi connectivity index (χ1v) is 16.4. The number of carbonyl (C=O) groups is 2. The Labute approximate surface area is 270 Å². The van der Waals surface area contributed by atoms with Gasteiger partial charge >= 0.3 is 0 Å². The maximum atomic E-state index is 14.5. The van der Waals surface area contributed by atoms with Gasteiger partial charge in [0.2, 0.25) is 11.8 Å². The summed E-state index contributed by atoms with van der Waals surface area (Å²) < 4.78 is 35.0. The van der Waals surface area contributed by atoms with Gasteiger partial charge in [0, 0.05) is 24.0 Å². The number of ether oxygens (including phenoxy) is 1. The summed E-state index contributed by atoms with van der Waals surface area (Å²) in [6, 6.07) is 28.3. The molecule has 0 aliphatic rings. The Bertz CT molecular complexity index is 1710. The van der Waals surface area contributed by atoms with E-state index in [4.69, 9.17) is 16.3 Å². The number of amides is 2. The first-order chi connectivity index (χ1) is 21.5. The molecule has 4 aromatic carbocycles. The molecule has 1 N–H and O–H groups in total. The molecular weight excluding hydrogens is 610 g/mol. The van der Waals surface area contributed by atoms with E-state index in [9.17, 15) is 18.0 Å². The van der Waals surface area contributed by atoms with Gasteiger partial charge in [-0.1, -0.05) is 83.9 Å². The van der Waals surface area contributed by atoms with E-state index in [0.29, 0.717) is 10.6 Å². The number of benzene rings is 4. The zero-order chi connectivity index (χ0) is 32.6. The number of rotatable bonds is 13. The van der Waals surface area contributed by atoms with E-state index in [-0.39, 0.29) is 41.2 Å². The number of aryl methyl sites for hydroxylation is 1. The van der Waals surface area contributed by atoms with Gasteiger partial charge in [-0.3, -0.25) is 13.9 Å². The maximum Gasteiger partial charge on any atom is 0.264 e. The number of nitrogens with one attached hydrogen (secondary N) is 1. The number of anilines is 1. The standard InChI is InChI=1S/C35H38ClN3O5S/c1-25(2)37-35(41)32(22-27-11-6-5-7-12-27)38(23-28-13-10-14-29(36)21-28)34(40)24-39(31-15-8-9-16-33(31)44-4)45(42,43)30-19-17-26(3)18-20-30/h5-21,25,32H,22-24H2,1-4H3,(H,37,41). The van der Waals surface area contributed by atoms with Crippen molar-refractivity contribution >= 4 is 39.1 Å². The fourth-order valence-electron chi connectivity index (χ4n) is 4.95. The molecule has 8 nitrogen and oxygen atoms in total. The van der Waals surface area contributed by atoms with Gasteiger partial charge in [-0.2, -0.15) is 0 Å². The predicted octanol–water partition coefficient (Wildman–Crippen LogP) is 6.02. The third kappa shape index (κ3) is 8.65. The number of carbonyl (C=O) groups excluding carboxylic acids is 2. The number of halogens is 1. The highest BCUT2D eigenvalue weighted by Gasteiger charge is 2.35. The second kappa shape index (κ2) is 15.1. The summed E-state index contributed by atoms with van der Waals surface area (Å²) in [5.41, 5.74) is 2.63. The number of hydrogen-bond acceptors (Lipinski definition) is 5. The molecule has 0 aromatic heterocycles. The van der Waals surface area contributed by atoms with E-state index in [1.807, 2.05) is 57.2 Å². The van der Waals surface area contributed by atoms with Crippen molar-refractivity contribution in [2.75, 3.05) is 18.0 Å². The molecule has 0 heterocycles. The first kappa shape index (κ1) is 33.6. The largest absolute Gasteiger partial charge is 0.495 e. The van der Waals surface area contributed by atoms with Crippen LogP contribution in [-0.4, -0.2) is 50.9 Å². The van der Waals surface area contributed by atoms with Crippen LogP contribution in [0.4, 0.5) is 5.69 Å². The Morgan fingerprint density at radius 3 is 2.16 bits per heavy atom. The fourth-order valence-corrected chi connectivity index (χ4v) is 6.59. The number of nitrogens with zero attached hydrogens (tertiary/aromatic N) is 2. The van der Waals surface area contributed by atoms with E-state index in [1.54, 1.807) is 54.6 Å². The Balaban J connectivity index is 1.83. The van der Waals surface area contributed by atoms with Crippen molar-refractivity contribution in [3.05, 3.63) is 125 Å². The smallest absolute Gasteiger partial charge is 0.264 e. The number of para-hydroxylation sites is 2. The average Bonchev–Trinajstić information content (AvgIpc) is 3.01. The van der Waals surface area contributed by atoms with E-state index < -0.39 is 28.5 Å². The molecule has 0 bridgehead atoms. The van der Waals surface area contributed by atoms with E-state index in [2.05, 4.69) is 5.32 Å². The summed E-state index contributed by atoms with van der Waals surface area (Å²) in [5, 5.41) is 3.43. The molecule has 0 fully saturated rings. The summed E-state index contributed by atoms with van der Waals surface area (Å²) in [7, 11) is -2.81. The zero-order valence-corrected chi connectivity index (χ0v) is 27.4. The lowest BCUT2D eigenvalue weighted by molar-refractivity contribution is -0.140. The SMILES string of the molecule is COc1ccccc1N(CC(=O)N(Cc1cccc(Cl)c1)C(Cc1ccccc1)C(=O)NC(C)C)S(=O)(=O)c1ccc(C)cc1. The van der Waals surface area contributed by atoms with Gasteiger partial charge in [0.1, 0.15) is 18.3 Å². The van der Waals surface area contributed by atoms with E-state index in [0.717, 1.165) is 15.4 Å². The van der Waals surface area contributed by atoms with Gasteiger partial charge in [0.05, 0.1) is 17.7 Å². The summed E-state index contributed by atoms with van der Waals surface area (Å²) in [5.74, 6) is -0.647. The zero-order valence-electron chi connectivity index (χ0n) is 25.8. The van der Waals surface area contributed by atoms with Crippen LogP contribution in [0.3, 0.4) is 0 Å². The molecule has 1 atom stereocenters. The quantitative estimate of drug-likeness (QED) is 0.192.